The first-order valence-electron chi connectivity index (χ1n) is 6.51. The molecular weight excluding hydrogens is 252 g/mol. The highest BCUT2D eigenvalue weighted by atomic mass is 19.2. The molecule has 0 bridgehead atoms. The number of rotatable bonds is 4. The summed E-state index contributed by atoms with van der Waals surface area (Å²) >= 11 is 0. The van der Waals surface area contributed by atoms with Crippen LogP contribution in [0.1, 0.15) is 43.7 Å². The molecule has 0 spiro atoms. The van der Waals surface area contributed by atoms with Crippen LogP contribution in [-0.4, -0.2) is 17.1 Å². The molecule has 1 aliphatic carbocycles. The van der Waals surface area contributed by atoms with Gasteiger partial charge in [0.15, 0.2) is 11.6 Å². The molecule has 3 nitrogen and oxygen atoms in total. The van der Waals surface area contributed by atoms with Crippen LogP contribution in [0.3, 0.4) is 0 Å². The molecule has 104 valence electrons. The van der Waals surface area contributed by atoms with Gasteiger partial charge in [-0.3, -0.25) is 10.1 Å². The molecule has 0 heterocycles. The Morgan fingerprint density at radius 1 is 1.21 bits per heavy atom. The van der Waals surface area contributed by atoms with E-state index in [2.05, 4.69) is 5.32 Å². The SMILES string of the molecule is O=C(O)C(NC1CCCCC1)c1ccc(F)c(F)c1. The van der Waals surface area contributed by atoms with E-state index in [-0.39, 0.29) is 11.6 Å². The second kappa shape index (κ2) is 6.10. The van der Waals surface area contributed by atoms with E-state index < -0.39 is 23.6 Å². The van der Waals surface area contributed by atoms with Crippen molar-refractivity contribution in [2.24, 2.45) is 0 Å². The van der Waals surface area contributed by atoms with Crippen LogP contribution in [0.15, 0.2) is 18.2 Å². The second-order valence-corrected chi connectivity index (χ2v) is 4.95. The van der Waals surface area contributed by atoms with Gasteiger partial charge in [-0.05, 0) is 30.5 Å². The highest BCUT2D eigenvalue weighted by Crippen LogP contribution is 2.23. The lowest BCUT2D eigenvalue weighted by atomic mass is 9.94. The Morgan fingerprint density at radius 2 is 1.89 bits per heavy atom. The van der Waals surface area contributed by atoms with Gasteiger partial charge in [0.05, 0.1) is 0 Å². The normalized spacial score (nSPS) is 18.2. The first-order valence-corrected chi connectivity index (χ1v) is 6.51. The topological polar surface area (TPSA) is 49.3 Å². The number of nitrogens with one attached hydrogen (secondary N) is 1. The summed E-state index contributed by atoms with van der Waals surface area (Å²) in [5, 5.41) is 12.3. The number of benzene rings is 1. The minimum Gasteiger partial charge on any atom is -0.480 e. The minimum atomic E-state index is -1.07. The molecule has 2 rings (SSSR count). The molecule has 0 saturated heterocycles. The molecule has 1 saturated carbocycles. The molecule has 1 fully saturated rings. The predicted octanol–water partition coefficient (Wildman–Crippen LogP) is 3.01. The van der Waals surface area contributed by atoms with Crippen molar-refractivity contribution >= 4 is 5.97 Å². The van der Waals surface area contributed by atoms with E-state index in [9.17, 15) is 18.7 Å². The molecule has 1 aromatic carbocycles. The van der Waals surface area contributed by atoms with Crippen molar-refractivity contribution in [3.8, 4) is 0 Å². The fourth-order valence-corrected chi connectivity index (χ4v) is 2.51. The molecule has 1 aliphatic rings. The molecule has 0 radical (unpaired) electrons. The van der Waals surface area contributed by atoms with Crippen molar-refractivity contribution in [3.05, 3.63) is 35.4 Å². The zero-order valence-corrected chi connectivity index (χ0v) is 10.5. The zero-order chi connectivity index (χ0) is 13.8. The maximum atomic E-state index is 13.2. The van der Waals surface area contributed by atoms with Crippen molar-refractivity contribution < 1.29 is 18.7 Å². The number of carboxylic acid groups (broad SMARTS) is 1. The summed E-state index contributed by atoms with van der Waals surface area (Å²) in [6, 6.07) is 2.36. The summed E-state index contributed by atoms with van der Waals surface area (Å²) in [6.07, 6.45) is 5.16. The predicted molar refractivity (Wildman–Crippen MR) is 66.7 cm³/mol. The number of carboxylic acids is 1. The van der Waals surface area contributed by atoms with Crippen LogP contribution in [0, 0.1) is 11.6 Å². The van der Waals surface area contributed by atoms with E-state index in [4.69, 9.17) is 0 Å². The summed E-state index contributed by atoms with van der Waals surface area (Å²) in [5.41, 5.74) is 0.247. The Labute approximate surface area is 110 Å². The first kappa shape index (κ1) is 13.9. The third-order valence-corrected chi connectivity index (χ3v) is 3.53. The van der Waals surface area contributed by atoms with Crippen molar-refractivity contribution in [1.29, 1.82) is 0 Å². The lowest BCUT2D eigenvalue weighted by molar-refractivity contribution is -0.140. The molecule has 0 aliphatic heterocycles. The molecule has 0 aromatic heterocycles. The molecule has 19 heavy (non-hydrogen) atoms. The van der Waals surface area contributed by atoms with Gasteiger partial charge in [0.25, 0.3) is 0 Å². The van der Waals surface area contributed by atoms with Gasteiger partial charge >= 0.3 is 5.97 Å². The molecule has 2 N–H and O–H groups in total. The number of hydrogen-bond acceptors (Lipinski definition) is 2. The van der Waals surface area contributed by atoms with E-state index in [0.717, 1.165) is 37.8 Å². The van der Waals surface area contributed by atoms with Crippen LogP contribution < -0.4 is 5.32 Å². The summed E-state index contributed by atoms with van der Waals surface area (Å²) < 4.78 is 26.1. The summed E-state index contributed by atoms with van der Waals surface area (Å²) in [6.45, 7) is 0. The quantitative estimate of drug-likeness (QED) is 0.883. The second-order valence-electron chi connectivity index (χ2n) is 4.95. The molecular formula is C14H17F2NO2. The van der Waals surface area contributed by atoms with Gasteiger partial charge in [0.1, 0.15) is 6.04 Å². The van der Waals surface area contributed by atoms with Crippen LogP contribution in [0.4, 0.5) is 8.78 Å². The van der Waals surface area contributed by atoms with E-state index in [0.29, 0.717) is 0 Å². The molecule has 5 heteroatoms. The maximum Gasteiger partial charge on any atom is 0.325 e. The van der Waals surface area contributed by atoms with Crippen molar-refractivity contribution in [2.45, 2.75) is 44.2 Å². The fourth-order valence-electron chi connectivity index (χ4n) is 2.51. The number of hydrogen-bond donors (Lipinski definition) is 2. The lowest BCUT2D eigenvalue weighted by Crippen LogP contribution is -2.38. The third kappa shape index (κ3) is 3.50. The third-order valence-electron chi connectivity index (χ3n) is 3.53. The van der Waals surface area contributed by atoms with E-state index >= 15 is 0 Å². The summed E-state index contributed by atoms with van der Waals surface area (Å²) in [4.78, 5) is 11.3. The summed E-state index contributed by atoms with van der Waals surface area (Å²) in [5.74, 6) is -3.06. The monoisotopic (exact) mass is 269 g/mol. The van der Waals surface area contributed by atoms with Crippen LogP contribution >= 0.6 is 0 Å². The lowest BCUT2D eigenvalue weighted by Gasteiger charge is -2.26. The number of aliphatic carboxylic acids is 1. The van der Waals surface area contributed by atoms with E-state index in [1.807, 2.05) is 0 Å². The standard InChI is InChI=1S/C14H17F2NO2/c15-11-7-6-9(8-12(11)16)13(14(18)19)17-10-4-2-1-3-5-10/h6-8,10,13,17H,1-5H2,(H,18,19). The van der Waals surface area contributed by atoms with E-state index in [1.54, 1.807) is 0 Å². The average molecular weight is 269 g/mol. The van der Waals surface area contributed by atoms with Crippen LogP contribution in [0.5, 0.6) is 0 Å². The first-order chi connectivity index (χ1) is 9.08. The Kier molecular flexibility index (Phi) is 4.47. The van der Waals surface area contributed by atoms with E-state index in [1.165, 1.54) is 12.5 Å². The minimum absolute atomic E-state index is 0.128. The van der Waals surface area contributed by atoms with Crippen molar-refractivity contribution in [3.63, 3.8) is 0 Å². The number of carbonyl (C=O) groups is 1. The summed E-state index contributed by atoms with van der Waals surface area (Å²) in [7, 11) is 0. The van der Waals surface area contributed by atoms with Gasteiger partial charge in [-0.25, -0.2) is 8.78 Å². The van der Waals surface area contributed by atoms with Gasteiger partial charge in [-0.2, -0.15) is 0 Å². The molecule has 1 unspecified atom stereocenters. The molecule has 0 amide bonds. The highest BCUT2D eigenvalue weighted by Gasteiger charge is 2.25. The molecule has 1 aromatic rings. The van der Waals surface area contributed by atoms with Crippen molar-refractivity contribution in [1.82, 2.24) is 5.32 Å². The Hall–Kier alpha value is -1.49. The number of halogens is 2. The molecule has 1 atom stereocenters. The fraction of sp³-hybridized carbons (Fsp3) is 0.500. The smallest absolute Gasteiger partial charge is 0.325 e. The van der Waals surface area contributed by atoms with Gasteiger partial charge in [-0.1, -0.05) is 25.3 Å². The van der Waals surface area contributed by atoms with Crippen molar-refractivity contribution in [2.75, 3.05) is 0 Å². The van der Waals surface area contributed by atoms with Crippen LogP contribution in [-0.2, 0) is 4.79 Å². The average Bonchev–Trinajstić information content (AvgIpc) is 2.40. The Bertz CT molecular complexity index is 459. The highest BCUT2D eigenvalue weighted by molar-refractivity contribution is 5.75. The largest absolute Gasteiger partial charge is 0.480 e. The van der Waals surface area contributed by atoms with Gasteiger partial charge in [0, 0.05) is 6.04 Å². The Balaban J connectivity index is 2.14. The van der Waals surface area contributed by atoms with Gasteiger partial charge in [-0.15, -0.1) is 0 Å². The van der Waals surface area contributed by atoms with Gasteiger partial charge in [0.2, 0.25) is 0 Å². The Morgan fingerprint density at radius 3 is 2.47 bits per heavy atom. The van der Waals surface area contributed by atoms with Crippen LogP contribution in [0.25, 0.3) is 0 Å². The van der Waals surface area contributed by atoms with Gasteiger partial charge < -0.3 is 5.11 Å². The zero-order valence-electron chi connectivity index (χ0n) is 10.5. The maximum absolute atomic E-state index is 13.2. The van der Waals surface area contributed by atoms with Crippen LogP contribution in [0.2, 0.25) is 0 Å².